The first-order valence-corrected chi connectivity index (χ1v) is 11.5. The topological polar surface area (TPSA) is 120 Å². The Hall–Kier alpha value is -4.05. The van der Waals surface area contributed by atoms with Gasteiger partial charge in [0.1, 0.15) is 17.9 Å². The number of aryl methyl sites for hydroxylation is 2. The molecule has 3 rings (SSSR count). The van der Waals surface area contributed by atoms with Crippen molar-refractivity contribution in [2.45, 2.75) is 34.2 Å². The molecule has 0 fully saturated rings. The number of nitrogens with zero attached hydrogens (tertiary/aromatic N) is 4. The highest BCUT2D eigenvalue weighted by atomic mass is 16.6. The summed E-state index contributed by atoms with van der Waals surface area (Å²) in [6.07, 6.45) is 0. The fourth-order valence-electron chi connectivity index (χ4n) is 3.92. The van der Waals surface area contributed by atoms with Crippen molar-refractivity contribution < 1.29 is 19.2 Å². The van der Waals surface area contributed by atoms with Gasteiger partial charge in [-0.3, -0.25) is 24.4 Å². The zero-order valence-electron chi connectivity index (χ0n) is 21.2. The SMILES string of the molecule is COCCN(CC(=O)Nc1cccc(C)c1C)C(=O)c1ccc(Cn2nc(C)c([N+](=O)[O-])c2C)cc1. The number of amides is 2. The van der Waals surface area contributed by atoms with Crippen LogP contribution >= 0.6 is 0 Å². The molecule has 0 unspecified atom stereocenters. The number of rotatable bonds is 10. The summed E-state index contributed by atoms with van der Waals surface area (Å²) in [5.74, 6) is -0.590. The van der Waals surface area contributed by atoms with Crippen LogP contribution in [0.4, 0.5) is 11.4 Å². The van der Waals surface area contributed by atoms with E-state index in [9.17, 15) is 19.7 Å². The molecule has 1 N–H and O–H groups in total. The summed E-state index contributed by atoms with van der Waals surface area (Å²) < 4.78 is 6.71. The molecule has 0 atom stereocenters. The van der Waals surface area contributed by atoms with Crippen LogP contribution in [-0.2, 0) is 16.1 Å². The van der Waals surface area contributed by atoms with Crippen molar-refractivity contribution in [3.8, 4) is 0 Å². The van der Waals surface area contributed by atoms with E-state index in [-0.39, 0.29) is 37.2 Å². The maximum Gasteiger partial charge on any atom is 0.312 e. The van der Waals surface area contributed by atoms with E-state index in [1.165, 1.54) is 12.0 Å². The minimum Gasteiger partial charge on any atom is -0.383 e. The van der Waals surface area contributed by atoms with Crippen molar-refractivity contribution in [1.82, 2.24) is 14.7 Å². The number of nitrogens with one attached hydrogen (secondary N) is 1. The lowest BCUT2D eigenvalue weighted by Crippen LogP contribution is -2.40. The van der Waals surface area contributed by atoms with E-state index in [1.807, 2.05) is 32.0 Å². The summed E-state index contributed by atoms with van der Waals surface area (Å²) in [6.45, 7) is 7.93. The molecular formula is C26H31N5O5. The fraction of sp³-hybridized carbons (Fsp3) is 0.346. The van der Waals surface area contributed by atoms with E-state index in [0.29, 0.717) is 29.2 Å². The maximum atomic E-state index is 13.2. The van der Waals surface area contributed by atoms with Crippen LogP contribution in [0.2, 0.25) is 0 Å². The van der Waals surface area contributed by atoms with Crippen molar-refractivity contribution in [2.24, 2.45) is 0 Å². The number of aromatic nitrogens is 2. The van der Waals surface area contributed by atoms with Gasteiger partial charge in [-0.1, -0.05) is 24.3 Å². The van der Waals surface area contributed by atoms with Crippen molar-refractivity contribution >= 4 is 23.2 Å². The second-order valence-electron chi connectivity index (χ2n) is 8.65. The van der Waals surface area contributed by atoms with Crippen molar-refractivity contribution in [3.05, 3.63) is 86.2 Å². The standard InChI is InChI=1S/C26H31N5O5/c1-17-7-6-8-23(18(17)2)27-24(32)16-29(13-14-36-5)26(33)22-11-9-21(10-12-22)15-30-20(4)25(31(34)35)19(3)28-30/h6-12H,13-16H2,1-5H3,(H,27,32). The minimum absolute atomic E-state index is 0.00900. The summed E-state index contributed by atoms with van der Waals surface area (Å²) in [4.78, 5) is 38.2. The second-order valence-corrected chi connectivity index (χ2v) is 8.65. The number of benzene rings is 2. The third-order valence-corrected chi connectivity index (χ3v) is 6.12. The van der Waals surface area contributed by atoms with E-state index >= 15 is 0 Å². The van der Waals surface area contributed by atoms with Gasteiger partial charge in [0.15, 0.2) is 0 Å². The molecule has 0 aliphatic heterocycles. The van der Waals surface area contributed by atoms with Crippen LogP contribution in [0.25, 0.3) is 0 Å². The average molecular weight is 494 g/mol. The molecule has 190 valence electrons. The van der Waals surface area contributed by atoms with Gasteiger partial charge < -0.3 is 15.0 Å². The van der Waals surface area contributed by atoms with Crippen LogP contribution < -0.4 is 5.32 Å². The largest absolute Gasteiger partial charge is 0.383 e. The van der Waals surface area contributed by atoms with Crippen LogP contribution in [-0.4, -0.2) is 58.2 Å². The zero-order chi connectivity index (χ0) is 26.4. The van der Waals surface area contributed by atoms with Gasteiger partial charge in [0.05, 0.1) is 18.1 Å². The maximum absolute atomic E-state index is 13.2. The van der Waals surface area contributed by atoms with E-state index in [4.69, 9.17) is 4.74 Å². The molecule has 0 aliphatic carbocycles. The number of ether oxygens (including phenoxy) is 1. The average Bonchev–Trinajstić information content (AvgIpc) is 3.12. The van der Waals surface area contributed by atoms with Crippen LogP contribution in [0, 0.1) is 37.8 Å². The molecule has 0 saturated heterocycles. The van der Waals surface area contributed by atoms with E-state index in [0.717, 1.165) is 16.7 Å². The number of hydrogen-bond donors (Lipinski definition) is 1. The Bertz CT molecular complexity index is 1270. The van der Waals surface area contributed by atoms with Crippen molar-refractivity contribution in [3.63, 3.8) is 0 Å². The van der Waals surface area contributed by atoms with Gasteiger partial charge >= 0.3 is 5.69 Å². The summed E-state index contributed by atoms with van der Waals surface area (Å²) in [5.41, 5.74) is 4.86. The lowest BCUT2D eigenvalue weighted by Gasteiger charge is -2.22. The van der Waals surface area contributed by atoms with Gasteiger partial charge in [0.2, 0.25) is 5.91 Å². The molecule has 0 saturated carbocycles. The molecule has 36 heavy (non-hydrogen) atoms. The predicted molar refractivity (Wildman–Crippen MR) is 136 cm³/mol. The normalized spacial score (nSPS) is 10.8. The molecule has 0 spiro atoms. The Morgan fingerprint density at radius 1 is 1.11 bits per heavy atom. The molecule has 0 aliphatic rings. The third-order valence-electron chi connectivity index (χ3n) is 6.12. The smallest absolute Gasteiger partial charge is 0.312 e. The highest BCUT2D eigenvalue weighted by molar-refractivity contribution is 5.99. The van der Waals surface area contributed by atoms with E-state index in [2.05, 4.69) is 10.4 Å². The molecule has 2 amide bonds. The van der Waals surface area contributed by atoms with Gasteiger partial charge in [-0.05, 0) is 62.6 Å². The quantitative estimate of drug-likeness (QED) is 0.339. The van der Waals surface area contributed by atoms with Gasteiger partial charge in [-0.15, -0.1) is 0 Å². The van der Waals surface area contributed by atoms with Crippen LogP contribution in [0.3, 0.4) is 0 Å². The van der Waals surface area contributed by atoms with Gasteiger partial charge in [-0.25, -0.2) is 0 Å². The zero-order valence-corrected chi connectivity index (χ0v) is 21.2. The lowest BCUT2D eigenvalue weighted by molar-refractivity contribution is -0.386. The van der Waals surface area contributed by atoms with Crippen LogP contribution in [0.5, 0.6) is 0 Å². The molecule has 1 heterocycles. The highest BCUT2D eigenvalue weighted by Crippen LogP contribution is 2.23. The summed E-state index contributed by atoms with van der Waals surface area (Å²) in [5, 5.41) is 18.4. The Morgan fingerprint density at radius 2 is 1.81 bits per heavy atom. The number of nitro groups is 1. The molecule has 0 radical (unpaired) electrons. The van der Waals surface area contributed by atoms with Crippen molar-refractivity contribution in [2.75, 3.05) is 32.1 Å². The Balaban J connectivity index is 1.72. The Morgan fingerprint density at radius 3 is 2.42 bits per heavy atom. The number of methoxy groups -OCH3 is 1. The third kappa shape index (κ3) is 6.14. The number of hydrogen-bond acceptors (Lipinski definition) is 6. The number of anilines is 1. The second kappa shape index (κ2) is 11.6. The fourth-order valence-corrected chi connectivity index (χ4v) is 3.92. The van der Waals surface area contributed by atoms with Crippen LogP contribution in [0.15, 0.2) is 42.5 Å². The van der Waals surface area contributed by atoms with E-state index in [1.54, 1.807) is 42.8 Å². The number of carbonyl (C=O) groups excluding carboxylic acids is 2. The first kappa shape index (κ1) is 26.6. The molecular weight excluding hydrogens is 462 g/mol. The molecule has 3 aromatic rings. The minimum atomic E-state index is -0.430. The lowest BCUT2D eigenvalue weighted by atomic mass is 10.1. The monoisotopic (exact) mass is 493 g/mol. The molecule has 10 heteroatoms. The highest BCUT2D eigenvalue weighted by Gasteiger charge is 2.22. The molecule has 0 bridgehead atoms. The predicted octanol–water partition coefficient (Wildman–Crippen LogP) is 3.80. The first-order chi connectivity index (χ1) is 17.1. The van der Waals surface area contributed by atoms with Crippen molar-refractivity contribution in [1.29, 1.82) is 0 Å². The molecule has 10 nitrogen and oxygen atoms in total. The van der Waals surface area contributed by atoms with E-state index < -0.39 is 4.92 Å². The number of carbonyl (C=O) groups is 2. The molecule has 2 aromatic carbocycles. The van der Waals surface area contributed by atoms with Gasteiger partial charge in [-0.2, -0.15) is 5.10 Å². The summed E-state index contributed by atoms with van der Waals surface area (Å²) in [7, 11) is 1.54. The van der Waals surface area contributed by atoms with Crippen LogP contribution in [0.1, 0.15) is 38.4 Å². The Labute approximate surface area is 210 Å². The Kier molecular flexibility index (Phi) is 8.55. The van der Waals surface area contributed by atoms with Gasteiger partial charge in [0.25, 0.3) is 5.91 Å². The summed E-state index contributed by atoms with van der Waals surface area (Å²) in [6, 6.07) is 12.6. The van der Waals surface area contributed by atoms with Gasteiger partial charge in [0, 0.05) is 24.9 Å². The molecule has 1 aromatic heterocycles. The summed E-state index contributed by atoms with van der Waals surface area (Å²) >= 11 is 0. The first-order valence-electron chi connectivity index (χ1n) is 11.5.